The van der Waals surface area contributed by atoms with Crippen molar-refractivity contribution in [2.24, 2.45) is 0 Å². The average Bonchev–Trinajstić information content (AvgIpc) is 2.77. The first-order chi connectivity index (χ1) is 8.22. The Bertz CT molecular complexity index is 456. The van der Waals surface area contributed by atoms with Crippen LogP contribution in [0.3, 0.4) is 0 Å². The molecule has 2 rings (SSSR count). The van der Waals surface area contributed by atoms with E-state index in [1.54, 1.807) is 12.1 Å². The number of hydrogen-bond acceptors (Lipinski definition) is 4. The molecule has 1 aliphatic rings. The van der Waals surface area contributed by atoms with Crippen molar-refractivity contribution in [1.29, 1.82) is 0 Å². The molecule has 0 radical (unpaired) electrons. The van der Waals surface area contributed by atoms with Gasteiger partial charge in [-0.25, -0.2) is 0 Å². The summed E-state index contributed by atoms with van der Waals surface area (Å²) in [5.41, 5.74) is 2.55. The van der Waals surface area contributed by atoms with E-state index < -0.39 is 0 Å². The smallest absolute Gasteiger partial charge is 0.293 e. The second-order valence-corrected chi connectivity index (χ2v) is 3.77. The summed E-state index contributed by atoms with van der Waals surface area (Å²) in [6.45, 7) is 2.64. The first-order valence-electron chi connectivity index (χ1n) is 5.32. The molecule has 0 aliphatic carbocycles. The summed E-state index contributed by atoms with van der Waals surface area (Å²) in [6.07, 6.45) is 0.750. The standard InChI is InChI=1S/C12H13NO4/c1-8(15)13-11-3-2-9(6-16-7-14)12-10(11)4-5-17-12/h2-3,7H,4-6H2,1H3,(H,13,15). The molecule has 1 heterocycles. The van der Waals surface area contributed by atoms with E-state index in [1.807, 2.05) is 0 Å². The molecule has 0 spiro atoms. The van der Waals surface area contributed by atoms with Crippen molar-refractivity contribution in [3.63, 3.8) is 0 Å². The van der Waals surface area contributed by atoms with Gasteiger partial charge in [-0.15, -0.1) is 0 Å². The molecule has 1 N–H and O–H groups in total. The summed E-state index contributed by atoms with van der Waals surface area (Å²) in [7, 11) is 0. The number of anilines is 1. The molecule has 0 bridgehead atoms. The van der Waals surface area contributed by atoms with Crippen molar-refractivity contribution in [3.8, 4) is 5.75 Å². The van der Waals surface area contributed by atoms with Gasteiger partial charge in [-0.3, -0.25) is 9.59 Å². The summed E-state index contributed by atoms with van der Waals surface area (Å²) in [6, 6.07) is 3.59. The fourth-order valence-corrected chi connectivity index (χ4v) is 1.90. The van der Waals surface area contributed by atoms with Gasteiger partial charge in [0.25, 0.3) is 6.47 Å². The van der Waals surface area contributed by atoms with Crippen LogP contribution in [-0.2, 0) is 27.4 Å². The maximum absolute atomic E-state index is 11.0. The zero-order valence-electron chi connectivity index (χ0n) is 9.49. The Hall–Kier alpha value is -2.04. The van der Waals surface area contributed by atoms with Gasteiger partial charge >= 0.3 is 0 Å². The van der Waals surface area contributed by atoms with E-state index in [0.717, 1.165) is 29.0 Å². The number of rotatable bonds is 4. The van der Waals surface area contributed by atoms with Crippen molar-refractivity contribution in [2.75, 3.05) is 11.9 Å². The van der Waals surface area contributed by atoms with Crippen LogP contribution < -0.4 is 10.1 Å². The molecular formula is C12H13NO4. The predicted molar refractivity (Wildman–Crippen MR) is 60.8 cm³/mol. The minimum Gasteiger partial charge on any atom is -0.492 e. The molecular weight excluding hydrogens is 222 g/mol. The Labute approximate surface area is 98.7 Å². The molecule has 5 heteroatoms. The Morgan fingerprint density at radius 2 is 2.41 bits per heavy atom. The molecule has 0 fully saturated rings. The Kier molecular flexibility index (Phi) is 3.27. The van der Waals surface area contributed by atoms with E-state index in [-0.39, 0.29) is 12.5 Å². The maximum Gasteiger partial charge on any atom is 0.293 e. The van der Waals surface area contributed by atoms with Crippen LogP contribution in [0.2, 0.25) is 0 Å². The summed E-state index contributed by atoms with van der Waals surface area (Å²) < 4.78 is 10.2. The number of hydrogen-bond donors (Lipinski definition) is 1. The molecule has 0 unspecified atom stereocenters. The lowest BCUT2D eigenvalue weighted by Crippen LogP contribution is -2.08. The fraction of sp³-hybridized carbons (Fsp3) is 0.333. The third-order valence-corrected chi connectivity index (χ3v) is 2.56. The first-order valence-corrected chi connectivity index (χ1v) is 5.32. The number of nitrogens with one attached hydrogen (secondary N) is 1. The number of fused-ring (bicyclic) bond motifs is 1. The summed E-state index contributed by atoms with van der Waals surface area (Å²) in [5, 5.41) is 2.76. The second-order valence-electron chi connectivity index (χ2n) is 3.77. The quantitative estimate of drug-likeness (QED) is 0.798. The minimum atomic E-state index is -0.115. The summed E-state index contributed by atoms with van der Waals surface area (Å²) in [4.78, 5) is 21.2. The van der Waals surface area contributed by atoms with Gasteiger partial charge in [0, 0.05) is 30.2 Å². The van der Waals surface area contributed by atoms with Crippen molar-refractivity contribution in [1.82, 2.24) is 0 Å². The third kappa shape index (κ3) is 2.38. The van der Waals surface area contributed by atoms with Crippen LogP contribution >= 0.6 is 0 Å². The van der Waals surface area contributed by atoms with Gasteiger partial charge in [-0.1, -0.05) is 0 Å². The van der Waals surface area contributed by atoms with Crippen molar-refractivity contribution >= 4 is 18.1 Å². The highest BCUT2D eigenvalue weighted by molar-refractivity contribution is 5.90. The third-order valence-electron chi connectivity index (χ3n) is 2.56. The van der Waals surface area contributed by atoms with Gasteiger partial charge in [-0.2, -0.15) is 0 Å². The molecule has 17 heavy (non-hydrogen) atoms. The van der Waals surface area contributed by atoms with Gasteiger partial charge in [0.05, 0.1) is 6.61 Å². The summed E-state index contributed by atoms with van der Waals surface area (Å²) >= 11 is 0. The fourth-order valence-electron chi connectivity index (χ4n) is 1.90. The predicted octanol–water partition coefficient (Wildman–Crippen LogP) is 1.25. The Morgan fingerprint density at radius 1 is 1.59 bits per heavy atom. The SMILES string of the molecule is CC(=O)Nc1ccc(COC=O)c2c1CCO2. The van der Waals surface area contributed by atoms with E-state index in [0.29, 0.717) is 13.1 Å². The van der Waals surface area contributed by atoms with Crippen LogP contribution in [0.5, 0.6) is 5.75 Å². The van der Waals surface area contributed by atoms with Gasteiger partial charge < -0.3 is 14.8 Å². The Balaban J connectivity index is 2.31. The Morgan fingerprint density at radius 3 is 3.12 bits per heavy atom. The van der Waals surface area contributed by atoms with Gasteiger partial charge in [0.1, 0.15) is 12.4 Å². The van der Waals surface area contributed by atoms with E-state index in [2.05, 4.69) is 5.32 Å². The monoisotopic (exact) mass is 235 g/mol. The van der Waals surface area contributed by atoms with E-state index in [4.69, 9.17) is 9.47 Å². The van der Waals surface area contributed by atoms with Crippen LogP contribution in [0, 0.1) is 0 Å². The molecule has 0 atom stereocenters. The largest absolute Gasteiger partial charge is 0.492 e. The van der Waals surface area contributed by atoms with Crippen LogP contribution in [-0.4, -0.2) is 19.0 Å². The van der Waals surface area contributed by atoms with Crippen LogP contribution in [0.25, 0.3) is 0 Å². The lowest BCUT2D eigenvalue weighted by atomic mass is 10.1. The second kappa shape index (κ2) is 4.86. The zero-order chi connectivity index (χ0) is 12.3. The van der Waals surface area contributed by atoms with E-state index in [9.17, 15) is 9.59 Å². The highest BCUT2D eigenvalue weighted by Crippen LogP contribution is 2.35. The first kappa shape index (κ1) is 11.4. The van der Waals surface area contributed by atoms with E-state index >= 15 is 0 Å². The molecule has 0 aromatic heterocycles. The molecule has 1 amide bonds. The lowest BCUT2D eigenvalue weighted by molar-refractivity contribution is -0.129. The van der Waals surface area contributed by atoms with Gasteiger partial charge in [0.15, 0.2) is 0 Å². The van der Waals surface area contributed by atoms with Gasteiger partial charge in [0.2, 0.25) is 5.91 Å². The topological polar surface area (TPSA) is 64.6 Å². The highest BCUT2D eigenvalue weighted by atomic mass is 16.5. The number of ether oxygens (including phenoxy) is 2. The normalized spacial score (nSPS) is 12.5. The number of carbonyl (C=O) groups is 2. The molecule has 0 saturated carbocycles. The maximum atomic E-state index is 11.0. The number of carbonyl (C=O) groups excluding carboxylic acids is 2. The molecule has 5 nitrogen and oxygen atoms in total. The van der Waals surface area contributed by atoms with Crippen LogP contribution in [0.15, 0.2) is 12.1 Å². The molecule has 90 valence electrons. The molecule has 1 aromatic rings. The zero-order valence-corrected chi connectivity index (χ0v) is 9.49. The van der Waals surface area contributed by atoms with Crippen molar-refractivity contribution in [3.05, 3.63) is 23.3 Å². The summed E-state index contributed by atoms with van der Waals surface area (Å²) in [5.74, 6) is 0.606. The number of amides is 1. The molecule has 1 aromatic carbocycles. The lowest BCUT2D eigenvalue weighted by Gasteiger charge is -2.11. The molecule has 1 aliphatic heterocycles. The molecule has 0 saturated heterocycles. The average molecular weight is 235 g/mol. The van der Waals surface area contributed by atoms with Crippen LogP contribution in [0.4, 0.5) is 5.69 Å². The van der Waals surface area contributed by atoms with Crippen molar-refractivity contribution < 1.29 is 19.1 Å². The number of benzene rings is 1. The van der Waals surface area contributed by atoms with E-state index in [1.165, 1.54) is 6.92 Å². The highest BCUT2D eigenvalue weighted by Gasteiger charge is 2.20. The van der Waals surface area contributed by atoms with Crippen LogP contribution in [0.1, 0.15) is 18.1 Å². The minimum absolute atomic E-state index is 0.115. The van der Waals surface area contributed by atoms with Gasteiger partial charge in [-0.05, 0) is 12.1 Å². The van der Waals surface area contributed by atoms with Crippen molar-refractivity contribution in [2.45, 2.75) is 20.0 Å².